The standard InChI is InChI=1S/C17H24ClNO3/c1-2-21-17(20)14-6-4-9-19(13-14)10-5-11-22-16-8-3-7-15(18)12-16/h3,7-8,12,14H,2,4-6,9-11,13H2,1H3/t14-/m0/s1. The van der Waals surface area contributed by atoms with E-state index in [1.54, 1.807) is 0 Å². The van der Waals surface area contributed by atoms with Gasteiger partial charge in [-0.25, -0.2) is 0 Å². The highest BCUT2D eigenvalue weighted by Gasteiger charge is 2.26. The van der Waals surface area contributed by atoms with E-state index in [1.807, 2.05) is 31.2 Å². The molecule has 0 radical (unpaired) electrons. The predicted octanol–water partition coefficient (Wildman–Crippen LogP) is 3.38. The molecule has 1 aliphatic heterocycles. The maximum absolute atomic E-state index is 11.8. The number of rotatable bonds is 7. The molecule has 22 heavy (non-hydrogen) atoms. The Labute approximate surface area is 137 Å². The molecule has 0 aliphatic carbocycles. The molecule has 5 heteroatoms. The first kappa shape index (κ1) is 17.1. The lowest BCUT2D eigenvalue weighted by Crippen LogP contribution is -2.40. The number of nitrogens with zero attached hydrogens (tertiary/aromatic N) is 1. The number of likely N-dealkylation sites (tertiary alicyclic amines) is 1. The first-order valence-corrected chi connectivity index (χ1v) is 8.34. The highest BCUT2D eigenvalue weighted by molar-refractivity contribution is 6.30. The zero-order chi connectivity index (χ0) is 15.8. The predicted molar refractivity (Wildman–Crippen MR) is 87.4 cm³/mol. The summed E-state index contributed by atoms with van der Waals surface area (Å²) in [6.07, 6.45) is 2.93. The molecule has 0 bridgehead atoms. The number of hydrogen-bond donors (Lipinski definition) is 0. The second-order valence-corrected chi connectivity index (χ2v) is 5.99. The number of carbonyl (C=O) groups excluding carboxylic acids is 1. The maximum Gasteiger partial charge on any atom is 0.310 e. The molecule has 122 valence electrons. The Bertz CT molecular complexity index is 481. The molecule has 1 aromatic carbocycles. The van der Waals surface area contributed by atoms with Crippen molar-refractivity contribution < 1.29 is 14.3 Å². The molecule has 0 unspecified atom stereocenters. The van der Waals surface area contributed by atoms with Gasteiger partial charge in [-0.3, -0.25) is 4.79 Å². The molecule has 4 nitrogen and oxygen atoms in total. The van der Waals surface area contributed by atoms with E-state index in [0.717, 1.165) is 44.6 Å². The highest BCUT2D eigenvalue weighted by Crippen LogP contribution is 2.19. The van der Waals surface area contributed by atoms with Gasteiger partial charge in [0.15, 0.2) is 0 Å². The minimum absolute atomic E-state index is 0.0301. The van der Waals surface area contributed by atoms with Gasteiger partial charge >= 0.3 is 5.97 Å². The monoisotopic (exact) mass is 325 g/mol. The Morgan fingerprint density at radius 3 is 3.09 bits per heavy atom. The van der Waals surface area contributed by atoms with Gasteiger partial charge < -0.3 is 14.4 Å². The van der Waals surface area contributed by atoms with Gasteiger partial charge in [0.1, 0.15) is 5.75 Å². The van der Waals surface area contributed by atoms with Crippen LogP contribution in [0.3, 0.4) is 0 Å². The Kier molecular flexibility index (Phi) is 7.00. The van der Waals surface area contributed by atoms with E-state index >= 15 is 0 Å². The summed E-state index contributed by atoms with van der Waals surface area (Å²) in [5.74, 6) is 0.778. The molecule has 0 amide bonds. The van der Waals surface area contributed by atoms with E-state index in [4.69, 9.17) is 21.1 Å². The lowest BCUT2D eigenvalue weighted by Gasteiger charge is -2.31. The summed E-state index contributed by atoms with van der Waals surface area (Å²) in [5.41, 5.74) is 0. The van der Waals surface area contributed by atoms with Crippen LogP contribution in [0.1, 0.15) is 26.2 Å². The topological polar surface area (TPSA) is 38.8 Å². The fraction of sp³-hybridized carbons (Fsp3) is 0.588. The van der Waals surface area contributed by atoms with Gasteiger partial charge in [0.25, 0.3) is 0 Å². The summed E-state index contributed by atoms with van der Waals surface area (Å²) in [4.78, 5) is 14.1. The molecular formula is C17H24ClNO3. The summed E-state index contributed by atoms with van der Waals surface area (Å²) in [6.45, 7) is 5.76. The summed E-state index contributed by atoms with van der Waals surface area (Å²) < 4.78 is 10.8. The summed E-state index contributed by atoms with van der Waals surface area (Å²) in [7, 11) is 0. The van der Waals surface area contributed by atoms with Crippen LogP contribution < -0.4 is 4.74 Å². The lowest BCUT2D eigenvalue weighted by molar-refractivity contribution is -0.149. The zero-order valence-corrected chi connectivity index (χ0v) is 13.8. The molecule has 1 heterocycles. The number of halogens is 1. The van der Waals surface area contributed by atoms with Crippen molar-refractivity contribution >= 4 is 17.6 Å². The fourth-order valence-electron chi connectivity index (χ4n) is 2.75. The van der Waals surface area contributed by atoms with Gasteiger partial charge in [0, 0.05) is 18.1 Å². The van der Waals surface area contributed by atoms with E-state index in [-0.39, 0.29) is 11.9 Å². The zero-order valence-electron chi connectivity index (χ0n) is 13.1. The van der Waals surface area contributed by atoms with E-state index < -0.39 is 0 Å². The van der Waals surface area contributed by atoms with Crippen LogP contribution in [0.4, 0.5) is 0 Å². The Morgan fingerprint density at radius 1 is 1.45 bits per heavy atom. The summed E-state index contributed by atoms with van der Waals surface area (Å²) in [5, 5.41) is 0.686. The van der Waals surface area contributed by atoms with Crippen molar-refractivity contribution in [3.8, 4) is 5.75 Å². The number of piperidine rings is 1. The highest BCUT2D eigenvalue weighted by atomic mass is 35.5. The van der Waals surface area contributed by atoms with Gasteiger partial charge in [-0.1, -0.05) is 17.7 Å². The number of esters is 1. The molecule has 0 N–H and O–H groups in total. The second-order valence-electron chi connectivity index (χ2n) is 5.55. The molecule has 0 saturated carbocycles. The van der Waals surface area contributed by atoms with Gasteiger partial charge in [0.2, 0.25) is 0 Å². The smallest absolute Gasteiger partial charge is 0.310 e. The van der Waals surface area contributed by atoms with Crippen LogP contribution in [0.15, 0.2) is 24.3 Å². The summed E-state index contributed by atoms with van der Waals surface area (Å²) >= 11 is 5.92. The van der Waals surface area contributed by atoms with E-state index in [0.29, 0.717) is 18.2 Å². The van der Waals surface area contributed by atoms with Crippen molar-refractivity contribution in [3.05, 3.63) is 29.3 Å². The van der Waals surface area contributed by atoms with Crippen LogP contribution in [-0.4, -0.2) is 43.7 Å². The van der Waals surface area contributed by atoms with Crippen LogP contribution >= 0.6 is 11.6 Å². The number of carbonyl (C=O) groups is 1. The van der Waals surface area contributed by atoms with Crippen molar-refractivity contribution in [1.82, 2.24) is 4.90 Å². The molecule has 0 spiro atoms. The largest absolute Gasteiger partial charge is 0.493 e. The molecule has 2 rings (SSSR count). The molecule has 1 fully saturated rings. The maximum atomic E-state index is 11.8. The normalized spacial score (nSPS) is 18.9. The third-order valence-corrected chi connectivity index (χ3v) is 4.04. The van der Waals surface area contributed by atoms with Crippen LogP contribution in [0.25, 0.3) is 0 Å². The number of benzene rings is 1. The molecule has 1 aliphatic rings. The molecule has 0 aromatic heterocycles. The third-order valence-electron chi connectivity index (χ3n) is 3.81. The third kappa shape index (κ3) is 5.50. The van der Waals surface area contributed by atoms with E-state index in [1.165, 1.54) is 0 Å². The molecule has 1 aromatic rings. The molecule has 1 saturated heterocycles. The summed E-state index contributed by atoms with van der Waals surface area (Å²) in [6, 6.07) is 7.44. The van der Waals surface area contributed by atoms with Crippen molar-refractivity contribution in [2.75, 3.05) is 32.8 Å². The molecule has 1 atom stereocenters. The Morgan fingerprint density at radius 2 is 2.32 bits per heavy atom. The van der Waals surface area contributed by atoms with E-state index in [9.17, 15) is 4.79 Å². The minimum atomic E-state index is -0.0534. The van der Waals surface area contributed by atoms with Crippen molar-refractivity contribution in [2.24, 2.45) is 5.92 Å². The first-order chi connectivity index (χ1) is 10.7. The van der Waals surface area contributed by atoms with Gasteiger partial charge in [-0.2, -0.15) is 0 Å². The van der Waals surface area contributed by atoms with Gasteiger partial charge in [0.05, 0.1) is 19.1 Å². The van der Waals surface area contributed by atoms with Crippen molar-refractivity contribution in [2.45, 2.75) is 26.2 Å². The van der Waals surface area contributed by atoms with E-state index in [2.05, 4.69) is 4.90 Å². The Balaban J connectivity index is 1.67. The van der Waals surface area contributed by atoms with Crippen molar-refractivity contribution in [3.63, 3.8) is 0 Å². The van der Waals surface area contributed by atoms with Crippen LogP contribution in [-0.2, 0) is 9.53 Å². The molecular weight excluding hydrogens is 302 g/mol. The average Bonchev–Trinajstić information content (AvgIpc) is 2.52. The quantitative estimate of drug-likeness (QED) is 0.569. The second kappa shape index (κ2) is 9.01. The number of hydrogen-bond acceptors (Lipinski definition) is 4. The average molecular weight is 326 g/mol. The fourth-order valence-corrected chi connectivity index (χ4v) is 2.93. The number of ether oxygens (including phenoxy) is 2. The van der Waals surface area contributed by atoms with Gasteiger partial charge in [-0.05, 0) is 50.9 Å². The Hall–Kier alpha value is -1.26. The SMILES string of the molecule is CCOC(=O)[C@H]1CCCN(CCCOc2cccc(Cl)c2)C1. The minimum Gasteiger partial charge on any atom is -0.493 e. The van der Waals surface area contributed by atoms with Crippen LogP contribution in [0.5, 0.6) is 5.75 Å². The lowest BCUT2D eigenvalue weighted by atomic mass is 9.98. The first-order valence-electron chi connectivity index (χ1n) is 7.96. The van der Waals surface area contributed by atoms with Crippen molar-refractivity contribution in [1.29, 1.82) is 0 Å². The van der Waals surface area contributed by atoms with Gasteiger partial charge in [-0.15, -0.1) is 0 Å². The van der Waals surface area contributed by atoms with Crippen LogP contribution in [0.2, 0.25) is 5.02 Å². The van der Waals surface area contributed by atoms with Crippen LogP contribution in [0, 0.1) is 5.92 Å².